The summed E-state index contributed by atoms with van der Waals surface area (Å²) in [5.41, 5.74) is 7.46. The third-order valence-electron chi connectivity index (χ3n) is 6.13. The Labute approximate surface area is 200 Å². The molecule has 0 aliphatic carbocycles. The quantitative estimate of drug-likeness (QED) is 0.262. The molecule has 0 fully saturated rings. The lowest BCUT2D eigenvalue weighted by Crippen LogP contribution is -2.20. The van der Waals surface area contributed by atoms with E-state index in [4.69, 9.17) is 0 Å². The Hall–Kier alpha value is -4.17. The average Bonchev–Trinajstić information content (AvgIpc) is 2.91. The maximum atomic E-state index is 14.5. The molecular weight excluding hydrogens is 414 g/mol. The molecule has 0 aliphatic heterocycles. The second kappa shape index (κ2) is 9.76. The van der Waals surface area contributed by atoms with E-state index in [9.17, 15) is 4.79 Å². The maximum Gasteiger partial charge on any atom is 0.198 e. The average molecular weight is 442 g/mol. The van der Waals surface area contributed by atoms with Crippen LogP contribution >= 0.6 is 0 Å². The molecule has 1 aromatic heterocycles. The first-order valence-electron chi connectivity index (χ1n) is 11.8. The molecule has 0 saturated carbocycles. The summed E-state index contributed by atoms with van der Waals surface area (Å²) in [4.78, 5) is 14.5. The Kier molecular flexibility index (Phi) is 6.22. The largest absolute Gasteiger partial charge is 0.339 e. The molecule has 0 N–H and O–H groups in total. The first kappa shape index (κ1) is 21.7. The van der Waals surface area contributed by atoms with Crippen LogP contribution in [0.3, 0.4) is 0 Å². The molecular formula is C32H27NO. The van der Waals surface area contributed by atoms with Gasteiger partial charge in [0.25, 0.3) is 0 Å². The van der Waals surface area contributed by atoms with E-state index in [1.807, 2.05) is 97.1 Å². The third kappa shape index (κ3) is 3.99. The molecule has 0 radical (unpaired) electrons. The van der Waals surface area contributed by atoms with Gasteiger partial charge in [-0.05, 0) is 28.7 Å². The standard InChI is InChI=1S/C32H27NO/c1-2-23-33-30(26-19-11-5-12-20-26)28(24-15-7-3-8-16-24)32(34)29(25-17-9-4-10-18-25)31(33)27-21-13-6-14-22-27/h3-22H,2,23H2,1H3. The first-order chi connectivity index (χ1) is 16.8. The van der Waals surface area contributed by atoms with Gasteiger partial charge in [0.15, 0.2) is 5.43 Å². The van der Waals surface area contributed by atoms with E-state index in [0.717, 1.165) is 57.7 Å². The zero-order valence-corrected chi connectivity index (χ0v) is 19.3. The summed E-state index contributed by atoms with van der Waals surface area (Å²) in [7, 11) is 0. The van der Waals surface area contributed by atoms with Crippen molar-refractivity contribution in [3.8, 4) is 44.8 Å². The molecule has 5 aromatic rings. The molecule has 0 atom stereocenters. The van der Waals surface area contributed by atoms with E-state index in [0.29, 0.717) is 0 Å². The Morgan fingerprint density at radius 2 is 0.824 bits per heavy atom. The number of aromatic nitrogens is 1. The van der Waals surface area contributed by atoms with Crippen LogP contribution in [-0.2, 0) is 6.54 Å². The summed E-state index contributed by atoms with van der Waals surface area (Å²) in [5, 5.41) is 0. The van der Waals surface area contributed by atoms with Crippen LogP contribution in [0.15, 0.2) is 126 Å². The van der Waals surface area contributed by atoms with Crippen molar-refractivity contribution in [1.82, 2.24) is 4.57 Å². The monoisotopic (exact) mass is 441 g/mol. The SMILES string of the molecule is CCCn1c(-c2ccccc2)c(-c2ccccc2)c(=O)c(-c2ccccc2)c1-c1ccccc1. The van der Waals surface area contributed by atoms with Crippen LogP contribution in [0.25, 0.3) is 44.8 Å². The zero-order chi connectivity index (χ0) is 23.3. The number of nitrogens with zero attached hydrogens (tertiary/aromatic N) is 1. The number of pyridine rings is 1. The fourth-order valence-electron chi connectivity index (χ4n) is 4.71. The molecule has 0 spiro atoms. The van der Waals surface area contributed by atoms with E-state index >= 15 is 0 Å². The lowest BCUT2D eigenvalue weighted by Gasteiger charge is -2.25. The van der Waals surface area contributed by atoms with Crippen LogP contribution in [0.5, 0.6) is 0 Å². The first-order valence-corrected chi connectivity index (χ1v) is 11.8. The van der Waals surface area contributed by atoms with Crippen molar-refractivity contribution in [2.75, 3.05) is 0 Å². The van der Waals surface area contributed by atoms with E-state index in [1.54, 1.807) is 0 Å². The molecule has 0 amide bonds. The predicted molar refractivity (Wildman–Crippen MR) is 143 cm³/mol. The Morgan fingerprint density at radius 1 is 0.500 bits per heavy atom. The third-order valence-corrected chi connectivity index (χ3v) is 6.13. The van der Waals surface area contributed by atoms with E-state index in [1.165, 1.54) is 0 Å². The van der Waals surface area contributed by atoms with Crippen molar-refractivity contribution in [2.45, 2.75) is 19.9 Å². The second-order valence-electron chi connectivity index (χ2n) is 8.39. The summed E-state index contributed by atoms with van der Waals surface area (Å²) in [5.74, 6) is 0. The van der Waals surface area contributed by atoms with Crippen molar-refractivity contribution >= 4 is 0 Å². The lowest BCUT2D eigenvalue weighted by atomic mass is 9.90. The van der Waals surface area contributed by atoms with Gasteiger partial charge in [0.2, 0.25) is 0 Å². The van der Waals surface area contributed by atoms with Crippen molar-refractivity contribution in [1.29, 1.82) is 0 Å². The van der Waals surface area contributed by atoms with Gasteiger partial charge in [-0.15, -0.1) is 0 Å². The summed E-state index contributed by atoms with van der Waals surface area (Å²) >= 11 is 0. The minimum absolute atomic E-state index is 0.0578. The summed E-state index contributed by atoms with van der Waals surface area (Å²) < 4.78 is 2.36. The topological polar surface area (TPSA) is 22.0 Å². The smallest absolute Gasteiger partial charge is 0.198 e. The van der Waals surface area contributed by atoms with Crippen molar-refractivity contribution < 1.29 is 0 Å². The van der Waals surface area contributed by atoms with E-state index in [2.05, 4.69) is 35.8 Å². The molecule has 0 unspecified atom stereocenters. The molecule has 5 rings (SSSR count). The number of hydrogen-bond acceptors (Lipinski definition) is 1. The molecule has 34 heavy (non-hydrogen) atoms. The fraction of sp³-hybridized carbons (Fsp3) is 0.0938. The summed E-state index contributed by atoms with van der Waals surface area (Å²) in [6.45, 7) is 2.99. The molecule has 0 aliphatic rings. The zero-order valence-electron chi connectivity index (χ0n) is 19.3. The van der Waals surface area contributed by atoms with Crippen LogP contribution in [0.1, 0.15) is 13.3 Å². The molecule has 2 nitrogen and oxygen atoms in total. The van der Waals surface area contributed by atoms with Gasteiger partial charge >= 0.3 is 0 Å². The molecule has 0 saturated heterocycles. The number of benzene rings is 4. The normalized spacial score (nSPS) is 10.9. The van der Waals surface area contributed by atoms with Gasteiger partial charge in [-0.25, -0.2) is 0 Å². The Bertz CT molecular complexity index is 1330. The Morgan fingerprint density at radius 3 is 1.15 bits per heavy atom. The van der Waals surface area contributed by atoms with Crippen LogP contribution in [0.4, 0.5) is 0 Å². The van der Waals surface area contributed by atoms with Crippen molar-refractivity contribution in [3.63, 3.8) is 0 Å². The van der Waals surface area contributed by atoms with Gasteiger partial charge < -0.3 is 4.57 Å². The highest BCUT2D eigenvalue weighted by Gasteiger charge is 2.25. The molecule has 4 aromatic carbocycles. The van der Waals surface area contributed by atoms with Gasteiger partial charge in [0, 0.05) is 6.54 Å². The van der Waals surface area contributed by atoms with Crippen LogP contribution < -0.4 is 5.43 Å². The fourth-order valence-corrected chi connectivity index (χ4v) is 4.71. The van der Waals surface area contributed by atoms with Crippen LogP contribution in [-0.4, -0.2) is 4.57 Å². The molecule has 1 heterocycles. The molecule has 2 heteroatoms. The van der Waals surface area contributed by atoms with Crippen LogP contribution in [0.2, 0.25) is 0 Å². The van der Waals surface area contributed by atoms with Gasteiger partial charge in [0.1, 0.15) is 0 Å². The number of rotatable bonds is 6. The van der Waals surface area contributed by atoms with Gasteiger partial charge in [-0.2, -0.15) is 0 Å². The maximum absolute atomic E-state index is 14.5. The van der Waals surface area contributed by atoms with Crippen LogP contribution in [0, 0.1) is 0 Å². The summed E-state index contributed by atoms with van der Waals surface area (Å²) in [6.07, 6.45) is 0.949. The minimum Gasteiger partial charge on any atom is -0.339 e. The van der Waals surface area contributed by atoms with Gasteiger partial charge in [-0.1, -0.05) is 128 Å². The lowest BCUT2D eigenvalue weighted by molar-refractivity contribution is 0.688. The highest BCUT2D eigenvalue weighted by atomic mass is 16.1. The highest BCUT2D eigenvalue weighted by Crippen LogP contribution is 2.39. The minimum atomic E-state index is 0.0578. The predicted octanol–water partition coefficient (Wildman–Crippen LogP) is 7.93. The number of hydrogen-bond donors (Lipinski definition) is 0. The van der Waals surface area contributed by atoms with Gasteiger partial charge in [0.05, 0.1) is 22.5 Å². The van der Waals surface area contributed by atoms with E-state index in [-0.39, 0.29) is 5.43 Å². The second-order valence-corrected chi connectivity index (χ2v) is 8.39. The molecule has 0 bridgehead atoms. The van der Waals surface area contributed by atoms with Crippen molar-refractivity contribution in [3.05, 3.63) is 132 Å². The van der Waals surface area contributed by atoms with E-state index < -0.39 is 0 Å². The van der Waals surface area contributed by atoms with Crippen molar-refractivity contribution in [2.24, 2.45) is 0 Å². The molecule has 166 valence electrons. The van der Waals surface area contributed by atoms with Gasteiger partial charge in [-0.3, -0.25) is 4.79 Å². The summed E-state index contributed by atoms with van der Waals surface area (Å²) in [6, 6.07) is 40.7. The Balaban J connectivity index is 2.02. The highest BCUT2D eigenvalue weighted by molar-refractivity contribution is 5.91.